The Kier molecular flexibility index (Phi) is 6.31. The van der Waals surface area contributed by atoms with Gasteiger partial charge in [0, 0.05) is 5.69 Å². The fourth-order valence-electron chi connectivity index (χ4n) is 1.94. The molecule has 1 aromatic rings. The van der Waals surface area contributed by atoms with Crippen molar-refractivity contribution in [1.82, 2.24) is 0 Å². The molecule has 1 aromatic carbocycles. The third kappa shape index (κ3) is 4.42. The molecule has 112 valence electrons. The lowest BCUT2D eigenvalue weighted by Gasteiger charge is -2.28. The second-order valence-electron chi connectivity index (χ2n) is 4.92. The van der Waals surface area contributed by atoms with Crippen LogP contribution in [-0.4, -0.2) is 31.8 Å². The van der Waals surface area contributed by atoms with Gasteiger partial charge in [-0.3, -0.25) is 4.79 Å². The zero-order valence-corrected chi connectivity index (χ0v) is 12.6. The number of hydrogen-bond acceptors (Lipinski definition) is 5. The van der Waals surface area contributed by atoms with Crippen LogP contribution in [0.3, 0.4) is 0 Å². The lowest BCUT2D eigenvalue weighted by atomic mass is 9.96. The van der Waals surface area contributed by atoms with Crippen molar-refractivity contribution in [3.05, 3.63) is 24.3 Å². The van der Waals surface area contributed by atoms with Crippen molar-refractivity contribution in [3.63, 3.8) is 0 Å². The lowest BCUT2D eigenvalue weighted by molar-refractivity contribution is -0.145. The van der Waals surface area contributed by atoms with Gasteiger partial charge < -0.3 is 20.5 Å². The van der Waals surface area contributed by atoms with Crippen LogP contribution >= 0.6 is 0 Å². The van der Waals surface area contributed by atoms with Gasteiger partial charge in [0.2, 0.25) is 0 Å². The molecule has 0 bridgehead atoms. The van der Waals surface area contributed by atoms with E-state index in [1.165, 1.54) is 0 Å². The Labute approximate surface area is 120 Å². The normalized spacial score (nSPS) is 13.7. The van der Waals surface area contributed by atoms with E-state index in [9.17, 15) is 4.79 Å². The molecule has 0 unspecified atom stereocenters. The predicted octanol–water partition coefficient (Wildman–Crippen LogP) is 2.02. The summed E-state index contributed by atoms with van der Waals surface area (Å²) in [5.41, 5.74) is 6.88. The number of nitrogens with one attached hydrogen (secondary N) is 1. The topological polar surface area (TPSA) is 73.6 Å². The van der Waals surface area contributed by atoms with E-state index in [0.717, 1.165) is 11.4 Å². The molecular weight excluding hydrogens is 256 g/mol. The summed E-state index contributed by atoms with van der Waals surface area (Å²) in [6.07, 6.45) is 0. The van der Waals surface area contributed by atoms with Crippen molar-refractivity contribution in [3.8, 4) is 5.75 Å². The van der Waals surface area contributed by atoms with Crippen LogP contribution in [0.15, 0.2) is 24.3 Å². The van der Waals surface area contributed by atoms with Crippen molar-refractivity contribution in [2.75, 3.05) is 19.0 Å². The Morgan fingerprint density at radius 1 is 1.30 bits per heavy atom. The Bertz CT molecular complexity index is 418. The number of nitrogens with two attached hydrogens (primary N) is 1. The molecule has 0 spiro atoms. The van der Waals surface area contributed by atoms with Gasteiger partial charge >= 0.3 is 5.97 Å². The molecule has 1 rings (SSSR count). The SMILES string of the molecule is CCOC(=O)[C@@H](N)[C@H](Nc1ccc(OC)cc1)C(C)C. The first kappa shape index (κ1) is 16.3. The molecule has 5 heteroatoms. The molecule has 0 amide bonds. The van der Waals surface area contributed by atoms with Gasteiger partial charge in [-0.25, -0.2) is 0 Å². The second-order valence-corrected chi connectivity index (χ2v) is 4.92. The van der Waals surface area contributed by atoms with Crippen LogP contribution in [0.1, 0.15) is 20.8 Å². The number of carbonyl (C=O) groups is 1. The molecule has 0 aliphatic rings. The third-order valence-corrected chi connectivity index (χ3v) is 3.09. The summed E-state index contributed by atoms with van der Waals surface area (Å²) in [6, 6.07) is 6.61. The molecule has 0 aliphatic heterocycles. The first-order valence-corrected chi connectivity index (χ1v) is 6.82. The zero-order chi connectivity index (χ0) is 15.1. The summed E-state index contributed by atoms with van der Waals surface area (Å²) in [5, 5.41) is 3.29. The quantitative estimate of drug-likeness (QED) is 0.748. The van der Waals surface area contributed by atoms with Crippen LogP contribution < -0.4 is 15.8 Å². The maximum absolute atomic E-state index is 11.8. The van der Waals surface area contributed by atoms with Crippen molar-refractivity contribution < 1.29 is 14.3 Å². The Morgan fingerprint density at radius 2 is 1.90 bits per heavy atom. The molecular formula is C15H24N2O3. The summed E-state index contributed by atoms with van der Waals surface area (Å²) in [7, 11) is 1.62. The van der Waals surface area contributed by atoms with Gasteiger partial charge in [0.15, 0.2) is 0 Å². The van der Waals surface area contributed by atoms with Gasteiger partial charge in [-0.1, -0.05) is 13.8 Å². The number of carbonyl (C=O) groups excluding carboxylic acids is 1. The molecule has 0 radical (unpaired) electrons. The van der Waals surface area contributed by atoms with E-state index in [1.54, 1.807) is 14.0 Å². The molecule has 2 atom stereocenters. The summed E-state index contributed by atoms with van der Waals surface area (Å²) in [6.45, 7) is 6.13. The average molecular weight is 280 g/mol. The molecule has 0 fully saturated rings. The summed E-state index contributed by atoms with van der Waals surface area (Å²) in [5.74, 6) is 0.593. The summed E-state index contributed by atoms with van der Waals surface area (Å²) in [4.78, 5) is 11.8. The molecule has 0 saturated heterocycles. The van der Waals surface area contributed by atoms with Gasteiger partial charge in [-0.05, 0) is 37.1 Å². The third-order valence-electron chi connectivity index (χ3n) is 3.09. The first-order valence-electron chi connectivity index (χ1n) is 6.82. The van der Waals surface area contributed by atoms with Crippen LogP contribution in [0.4, 0.5) is 5.69 Å². The number of benzene rings is 1. The van der Waals surface area contributed by atoms with Gasteiger partial charge in [-0.15, -0.1) is 0 Å². The van der Waals surface area contributed by atoms with Crippen molar-refractivity contribution in [1.29, 1.82) is 0 Å². The van der Waals surface area contributed by atoms with E-state index in [-0.39, 0.29) is 17.9 Å². The van der Waals surface area contributed by atoms with E-state index in [1.807, 2.05) is 38.1 Å². The van der Waals surface area contributed by atoms with Crippen LogP contribution in [-0.2, 0) is 9.53 Å². The molecule has 5 nitrogen and oxygen atoms in total. The smallest absolute Gasteiger partial charge is 0.325 e. The van der Waals surface area contributed by atoms with Crippen molar-refractivity contribution in [2.45, 2.75) is 32.9 Å². The van der Waals surface area contributed by atoms with Crippen molar-refractivity contribution in [2.24, 2.45) is 11.7 Å². The summed E-state index contributed by atoms with van der Waals surface area (Å²) < 4.78 is 10.1. The maximum Gasteiger partial charge on any atom is 0.325 e. The fraction of sp³-hybridized carbons (Fsp3) is 0.533. The minimum atomic E-state index is -0.697. The molecule has 3 N–H and O–H groups in total. The van der Waals surface area contributed by atoms with E-state index in [4.69, 9.17) is 15.2 Å². The monoisotopic (exact) mass is 280 g/mol. The minimum absolute atomic E-state index is 0.191. The van der Waals surface area contributed by atoms with Crippen LogP contribution in [0.2, 0.25) is 0 Å². The number of anilines is 1. The average Bonchev–Trinajstić information content (AvgIpc) is 2.44. The molecule has 0 aromatic heterocycles. The number of methoxy groups -OCH3 is 1. The van der Waals surface area contributed by atoms with Crippen molar-refractivity contribution >= 4 is 11.7 Å². The molecule has 20 heavy (non-hydrogen) atoms. The van der Waals surface area contributed by atoms with Gasteiger partial charge in [-0.2, -0.15) is 0 Å². The predicted molar refractivity (Wildman–Crippen MR) is 79.9 cm³/mol. The molecule has 0 saturated carbocycles. The fourth-order valence-corrected chi connectivity index (χ4v) is 1.94. The highest BCUT2D eigenvalue weighted by Crippen LogP contribution is 2.19. The first-order chi connectivity index (χ1) is 9.49. The van der Waals surface area contributed by atoms with Gasteiger partial charge in [0.1, 0.15) is 11.8 Å². The highest BCUT2D eigenvalue weighted by atomic mass is 16.5. The minimum Gasteiger partial charge on any atom is -0.497 e. The van der Waals surface area contributed by atoms with E-state index in [2.05, 4.69) is 5.32 Å². The van der Waals surface area contributed by atoms with E-state index in [0.29, 0.717) is 6.61 Å². The highest BCUT2D eigenvalue weighted by molar-refractivity contribution is 5.77. The number of esters is 1. The maximum atomic E-state index is 11.8. The van der Waals surface area contributed by atoms with Crippen LogP contribution in [0.25, 0.3) is 0 Å². The van der Waals surface area contributed by atoms with E-state index >= 15 is 0 Å². The Hall–Kier alpha value is -1.75. The largest absolute Gasteiger partial charge is 0.497 e. The molecule has 0 heterocycles. The summed E-state index contributed by atoms with van der Waals surface area (Å²) >= 11 is 0. The number of rotatable bonds is 7. The molecule has 0 aliphatic carbocycles. The Balaban J connectivity index is 2.78. The van der Waals surface area contributed by atoms with Gasteiger partial charge in [0.25, 0.3) is 0 Å². The van der Waals surface area contributed by atoms with Gasteiger partial charge in [0.05, 0.1) is 19.8 Å². The highest BCUT2D eigenvalue weighted by Gasteiger charge is 2.28. The Morgan fingerprint density at radius 3 is 2.35 bits per heavy atom. The number of hydrogen-bond donors (Lipinski definition) is 2. The lowest BCUT2D eigenvalue weighted by Crippen LogP contribution is -2.49. The standard InChI is InChI=1S/C15H24N2O3/c1-5-20-15(18)13(16)14(10(2)3)17-11-6-8-12(19-4)9-7-11/h6-10,13-14,17H,5,16H2,1-4H3/t13-,14+/m0/s1. The zero-order valence-electron chi connectivity index (χ0n) is 12.6. The van der Waals surface area contributed by atoms with Crippen LogP contribution in [0.5, 0.6) is 5.75 Å². The van der Waals surface area contributed by atoms with Crippen LogP contribution in [0, 0.1) is 5.92 Å². The van der Waals surface area contributed by atoms with E-state index < -0.39 is 6.04 Å². The number of ether oxygens (including phenoxy) is 2. The second kappa shape index (κ2) is 7.75.